The SMILES string of the molecule is C[C@H](Nc1nc(CN2CCOCC2)nc2sc3c(c12)CCC3)c1ccco1. The van der Waals surface area contributed by atoms with E-state index >= 15 is 0 Å². The Morgan fingerprint density at radius 3 is 2.96 bits per heavy atom. The Morgan fingerprint density at radius 1 is 1.26 bits per heavy atom. The first-order valence-corrected chi connectivity index (χ1v) is 10.5. The number of ether oxygens (including phenoxy) is 1. The molecular formula is C20H24N4O2S. The zero-order chi connectivity index (χ0) is 18.2. The molecule has 1 aliphatic carbocycles. The van der Waals surface area contributed by atoms with Gasteiger partial charge in [-0.15, -0.1) is 11.3 Å². The molecule has 142 valence electrons. The first-order chi connectivity index (χ1) is 13.3. The highest BCUT2D eigenvalue weighted by Crippen LogP contribution is 2.40. The molecule has 1 N–H and O–H groups in total. The van der Waals surface area contributed by atoms with Crippen molar-refractivity contribution in [2.75, 3.05) is 31.6 Å². The van der Waals surface area contributed by atoms with Crippen molar-refractivity contribution in [3.05, 3.63) is 40.4 Å². The fraction of sp³-hybridized carbons (Fsp3) is 0.500. The molecule has 1 atom stereocenters. The average molecular weight is 385 g/mol. The quantitative estimate of drug-likeness (QED) is 0.722. The number of anilines is 1. The fourth-order valence-electron chi connectivity index (χ4n) is 3.99. The molecule has 3 aromatic rings. The lowest BCUT2D eigenvalue weighted by molar-refractivity contribution is 0.0331. The molecule has 0 bridgehead atoms. The van der Waals surface area contributed by atoms with Crippen molar-refractivity contribution in [3.8, 4) is 0 Å². The molecule has 4 heterocycles. The van der Waals surface area contributed by atoms with Gasteiger partial charge < -0.3 is 14.5 Å². The minimum Gasteiger partial charge on any atom is -0.467 e. The molecule has 27 heavy (non-hydrogen) atoms. The van der Waals surface area contributed by atoms with Gasteiger partial charge in [-0.1, -0.05) is 0 Å². The van der Waals surface area contributed by atoms with E-state index in [0.717, 1.165) is 61.5 Å². The van der Waals surface area contributed by atoms with Gasteiger partial charge in [-0.05, 0) is 43.9 Å². The van der Waals surface area contributed by atoms with E-state index in [0.29, 0.717) is 0 Å². The van der Waals surface area contributed by atoms with E-state index in [1.165, 1.54) is 28.7 Å². The molecule has 0 saturated carbocycles. The summed E-state index contributed by atoms with van der Waals surface area (Å²) in [6, 6.07) is 3.99. The van der Waals surface area contributed by atoms with Crippen molar-refractivity contribution in [2.24, 2.45) is 0 Å². The van der Waals surface area contributed by atoms with Gasteiger partial charge >= 0.3 is 0 Å². The lowest BCUT2D eigenvalue weighted by atomic mass is 10.1. The Bertz CT molecular complexity index is 931. The van der Waals surface area contributed by atoms with Crippen LogP contribution < -0.4 is 5.32 Å². The molecule has 0 unspecified atom stereocenters. The van der Waals surface area contributed by atoms with Crippen molar-refractivity contribution >= 4 is 27.4 Å². The van der Waals surface area contributed by atoms with E-state index in [1.807, 2.05) is 23.5 Å². The molecule has 0 spiro atoms. The van der Waals surface area contributed by atoms with Gasteiger partial charge in [0.05, 0.1) is 37.4 Å². The predicted molar refractivity (Wildman–Crippen MR) is 106 cm³/mol. The second-order valence-corrected chi connectivity index (χ2v) is 8.38. The number of rotatable bonds is 5. The molecule has 0 aromatic carbocycles. The van der Waals surface area contributed by atoms with E-state index in [2.05, 4.69) is 17.1 Å². The van der Waals surface area contributed by atoms with Crippen LogP contribution in [0.2, 0.25) is 0 Å². The van der Waals surface area contributed by atoms with Crippen LogP contribution in [0, 0.1) is 0 Å². The zero-order valence-corrected chi connectivity index (χ0v) is 16.3. The summed E-state index contributed by atoms with van der Waals surface area (Å²) in [6.07, 6.45) is 5.25. The Morgan fingerprint density at radius 2 is 2.15 bits per heavy atom. The number of fused-ring (bicyclic) bond motifs is 3. The number of thiophene rings is 1. The van der Waals surface area contributed by atoms with Crippen LogP contribution >= 0.6 is 11.3 Å². The molecule has 0 radical (unpaired) electrons. The van der Waals surface area contributed by atoms with Gasteiger partial charge in [0.2, 0.25) is 0 Å². The lowest BCUT2D eigenvalue weighted by Gasteiger charge is -2.26. The van der Waals surface area contributed by atoms with Crippen LogP contribution in [0.4, 0.5) is 5.82 Å². The Hall–Kier alpha value is -1.96. The summed E-state index contributed by atoms with van der Waals surface area (Å²) in [7, 11) is 0. The number of aromatic nitrogens is 2. The van der Waals surface area contributed by atoms with Crippen molar-refractivity contribution in [3.63, 3.8) is 0 Å². The smallest absolute Gasteiger partial charge is 0.146 e. The average Bonchev–Trinajstić information content (AvgIpc) is 3.39. The van der Waals surface area contributed by atoms with Gasteiger partial charge in [0.15, 0.2) is 0 Å². The summed E-state index contributed by atoms with van der Waals surface area (Å²) in [6.45, 7) is 6.33. The maximum atomic E-state index is 5.58. The molecule has 6 nitrogen and oxygen atoms in total. The highest BCUT2D eigenvalue weighted by atomic mass is 32.1. The summed E-state index contributed by atoms with van der Waals surface area (Å²) in [5, 5.41) is 4.82. The summed E-state index contributed by atoms with van der Waals surface area (Å²) in [4.78, 5) is 14.8. The molecule has 1 saturated heterocycles. The standard InChI is InChI=1S/C20H24N4O2S/c1-13(15-5-3-9-26-15)21-19-18-14-4-2-6-16(14)27-20(18)23-17(22-19)12-24-7-10-25-11-8-24/h3,5,9,13H,2,4,6-8,10-12H2,1H3,(H,21,22,23)/t13-/m0/s1. The van der Waals surface area contributed by atoms with Gasteiger partial charge in [-0.25, -0.2) is 9.97 Å². The predicted octanol–water partition coefficient (Wildman–Crippen LogP) is 3.78. The van der Waals surface area contributed by atoms with Crippen molar-refractivity contribution in [1.29, 1.82) is 0 Å². The van der Waals surface area contributed by atoms with Gasteiger partial charge in [0, 0.05) is 18.0 Å². The topological polar surface area (TPSA) is 63.4 Å². The van der Waals surface area contributed by atoms with Gasteiger partial charge in [0.1, 0.15) is 22.2 Å². The molecule has 1 fully saturated rings. The van der Waals surface area contributed by atoms with Crippen LogP contribution in [0.3, 0.4) is 0 Å². The second-order valence-electron chi connectivity index (χ2n) is 7.30. The molecule has 3 aromatic heterocycles. The Balaban J connectivity index is 1.51. The number of nitrogens with one attached hydrogen (secondary N) is 1. The summed E-state index contributed by atoms with van der Waals surface area (Å²) >= 11 is 1.84. The minimum absolute atomic E-state index is 0.0614. The third-order valence-electron chi connectivity index (χ3n) is 5.40. The minimum atomic E-state index is 0.0614. The van der Waals surface area contributed by atoms with Crippen LogP contribution in [0.1, 0.15) is 41.4 Å². The number of morpholine rings is 1. The molecule has 2 aliphatic rings. The molecular weight excluding hydrogens is 360 g/mol. The fourth-order valence-corrected chi connectivity index (χ4v) is 5.27. The van der Waals surface area contributed by atoms with Crippen LogP contribution in [-0.4, -0.2) is 41.2 Å². The van der Waals surface area contributed by atoms with Crippen molar-refractivity contribution < 1.29 is 9.15 Å². The van der Waals surface area contributed by atoms with E-state index in [-0.39, 0.29) is 6.04 Å². The Labute approximate surface area is 162 Å². The summed E-state index contributed by atoms with van der Waals surface area (Å²) in [5.41, 5.74) is 1.45. The highest BCUT2D eigenvalue weighted by Gasteiger charge is 2.24. The number of nitrogens with zero attached hydrogens (tertiary/aromatic N) is 3. The first kappa shape index (κ1) is 17.2. The van der Waals surface area contributed by atoms with Crippen LogP contribution in [0.15, 0.2) is 22.8 Å². The summed E-state index contributed by atoms with van der Waals surface area (Å²) < 4.78 is 11.0. The van der Waals surface area contributed by atoms with E-state index < -0.39 is 0 Å². The Kier molecular flexibility index (Phi) is 4.59. The van der Waals surface area contributed by atoms with Crippen LogP contribution in [0.25, 0.3) is 10.2 Å². The van der Waals surface area contributed by atoms with Gasteiger partial charge in [-0.2, -0.15) is 0 Å². The van der Waals surface area contributed by atoms with E-state index in [4.69, 9.17) is 19.1 Å². The number of aryl methyl sites for hydroxylation is 2. The number of furan rings is 1. The van der Waals surface area contributed by atoms with Crippen LogP contribution in [0.5, 0.6) is 0 Å². The maximum absolute atomic E-state index is 5.58. The van der Waals surface area contributed by atoms with Crippen molar-refractivity contribution in [1.82, 2.24) is 14.9 Å². The third-order valence-corrected chi connectivity index (χ3v) is 6.59. The number of hydrogen-bond donors (Lipinski definition) is 1. The second kappa shape index (κ2) is 7.22. The normalized spacial score (nSPS) is 18.7. The largest absolute Gasteiger partial charge is 0.467 e. The lowest BCUT2D eigenvalue weighted by Crippen LogP contribution is -2.36. The third kappa shape index (κ3) is 3.35. The monoisotopic (exact) mass is 384 g/mol. The molecule has 1 aliphatic heterocycles. The van der Waals surface area contributed by atoms with Crippen molar-refractivity contribution in [2.45, 2.75) is 38.8 Å². The maximum Gasteiger partial charge on any atom is 0.146 e. The summed E-state index contributed by atoms with van der Waals surface area (Å²) in [5.74, 6) is 2.76. The van der Waals surface area contributed by atoms with Gasteiger partial charge in [0.25, 0.3) is 0 Å². The van der Waals surface area contributed by atoms with E-state index in [9.17, 15) is 0 Å². The molecule has 5 rings (SSSR count). The number of hydrogen-bond acceptors (Lipinski definition) is 7. The van der Waals surface area contributed by atoms with E-state index in [1.54, 1.807) is 6.26 Å². The van der Waals surface area contributed by atoms with Gasteiger partial charge in [-0.3, -0.25) is 4.90 Å². The molecule has 0 amide bonds. The highest BCUT2D eigenvalue weighted by molar-refractivity contribution is 7.19. The first-order valence-electron chi connectivity index (χ1n) is 9.69. The molecule has 7 heteroatoms. The van der Waals surface area contributed by atoms with Crippen LogP contribution in [-0.2, 0) is 24.1 Å². The zero-order valence-electron chi connectivity index (χ0n) is 15.5.